The summed E-state index contributed by atoms with van der Waals surface area (Å²) in [5.74, 6) is -2.66. The molecule has 2 rings (SSSR count). The molecule has 0 bridgehead atoms. The zero-order valence-electron chi connectivity index (χ0n) is 17.8. The van der Waals surface area contributed by atoms with E-state index in [0.717, 1.165) is 11.1 Å². The van der Waals surface area contributed by atoms with Crippen molar-refractivity contribution in [1.82, 2.24) is 10.6 Å². The molecule has 9 nitrogen and oxygen atoms in total. The highest BCUT2D eigenvalue weighted by Gasteiger charge is 2.26. The zero-order valence-corrected chi connectivity index (χ0v) is 17.8. The first-order valence-electron chi connectivity index (χ1n) is 10.2. The minimum atomic E-state index is -1.20. The maximum atomic E-state index is 12.6. The molecule has 0 fully saturated rings. The van der Waals surface area contributed by atoms with Gasteiger partial charge in [0.2, 0.25) is 5.91 Å². The largest absolute Gasteiger partial charge is 0.504 e. The molecule has 0 saturated carbocycles. The topological polar surface area (TPSA) is 145 Å². The van der Waals surface area contributed by atoms with Crippen LogP contribution in [0.5, 0.6) is 11.5 Å². The Morgan fingerprint density at radius 1 is 1.00 bits per heavy atom. The Hall–Kier alpha value is -3.59. The first kappa shape index (κ1) is 24.7. The lowest BCUT2D eigenvalue weighted by Gasteiger charge is -2.20. The van der Waals surface area contributed by atoms with Crippen LogP contribution in [0.3, 0.4) is 0 Å². The van der Waals surface area contributed by atoms with E-state index in [-0.39, 0.29) is 12.2 Å². The maximum Gasteiger partial charge on any atom is 0.326 e. The minimum absolute atomic E-state index is 0.0271. The maximum absolute atomic E-state index is 12.6. The number of ether oxygens (including phenoxy) is 1. The number of carboxylic acids is 2. The SMILES string of the molecule is COc1ccc(CCCNC(CC(=O)O)C(=O)N[C@@H](Cc2ccccc2)C(=O)O)cc1O. The van der Waals surface area contributed by atoms with Gasteiger partial charge in [0.05, 0.1) is 19.6 Å². The Kier molecular flexibility index (Phi) is 9.49. The fourth-order valence-electron chi connectivity index (χ4n) is 3.21. The Bertz CT molecular complexity index is 918. The summed E-state index contributed by atoms with van der Waals surface area (Å²) >= 11 is 0. The molecule has 0 heterocycles. The van der Waals surface area contributed by atoms with E-state index in [1.54, 1.807) is 48.5 Å². The van der Waals surface area contributed by atoms with Gasteiger partial charge in [0.15, 0.2) is 11.5 Å². The van der Waals surface area contributed by atoms with Gasteiger partial charge in [-0.15, -0.1) is 0 Å². The normalized spacial score (nSPS) is 12.5. The van der Waals surface area contributed by atoms with E-state index in [1.807, 2.05) is 0 Å². The number of aryl methyl sites for hydroxylation is 1. The van der Waals surface area contributed by atoms with Crippen LogP contribution in [-0.4, -0.2) is 58.9 Å². The number of amides is 1. The predicted molar refractivity (Wildman–Crippen MR) is 117 cm³/mol. The van der Waals surface area contributed by atoms with Crippen molar-refractivity contribution in [2.24, 2.45) is 0 Å². The highest BCUT2D eigenvalue weighted by atomic mass is 16.5. The number of phenols is 1. The van der Waals surface area contributed by atoms with Crippen molar-refractivity contribution in [3.63, 3.8) is 0 Å². The first-order chi connectivity index (χ1) is 15.3. The minimum Gasteiger partial charge on any atom is -0.504 e. The monoisotopic (exact) mass is 444 g/mol. The molecule has 172 valence electrons. The summed E-state index contributed by atoms with van der Waals surface area (Å²) in [5, 5.41) is 33.8. The smallest absolute Gasteiger partial charge is 0.326 e. The lowest BCUT2D eigenvalue weighted by atomic mass is 10.0. The second-order valence-corrected chi connectivity index (χ2v) is 7.30. The van der Waals surface area contributed by atoms with E-state index >= 15 is 0 Å². The third-order valence-electron chi connectivity index (χ3n) is 4.87. The molecular weight excluding hydrogens is 416 g/mol. The summed E-state index contributed by atoms with van der Waals surface area (Å²) in [6, 6.07) is 11.6. The number of benzene rings is 2. The van der Waals surface area contributed by atoms with Crippen molar-refractivity contribution in [2.45, 2.75) is 37.8 Å². The van der Waals surface area contributed by atoms with Crippen LogP contribution in [0.4, 0.5) is 0 Å². The molecule has 2 atom stereocenters. The molecule has 2 aromatic rings. The molecule has 0 aromatic heterocycles. The van der Waals surface area contributed by atoms with E-state index in [2.05, 4.69) is 10.6 Å². The van der Waals surface area contributed by atoms with Gasteiger partial charge in [0, 0.05) is 6.42 Å². The molecule has 9 heteroatoms. The van der Waals surface area contributed by atoms with Gasteiger partial charge in [-0.3, -0.25) is 9.59 Å². The highest BCUT2D eigenvalue weighted by molar-refractivity contribution is 5.89. The van der Waals surface area contributed by atoms with Gasteiger partial charge in [0.1, 0.15) is 6.04 Å². The van der Waals surface area contributed by atoms with Crippen LogP contribution in [0.2, 0.25) is 0 Å². The Labute approximate surface area is 186 Å². The molecule has 2 aromatic carbocycles. The van der Waals surface area contributed by atoms with E-state index in [4.69, 9.17) is 9.84 Å². The number of aliphatic carboxylic acids is 2. The Balaban J connectivity index is 1.92. The summed E-state index contributed by atoms with van der Waals surface area (Å²) in [5.41, 5.74) is 1.60. The van der Waals surface area contributed by atoms with Gasteiger partial charge in [-0.2, -0.15) is 0 Å². The number of hydrogen-bond donors (Lipinski definition) is 5. The number of nitrogens with one attached hydrogen (secondary N) is 2. The molecule has 0 aliphatic carbocycles. The molecule has 1 unspecified atom stereocenters. The van der Waals surface area contributed by atoms with Crippen LogP contribution in [-0.2, 0) is 27.2 Å². The number of hydrogen-bond acceptors (Lipinski definition) is 6. The standard InChI is InChI=1S/C23H28N2O7/c1-32-20-10-9-16(13-19(20)26)8-5-11-24-17(14-21(27)28)22(29)25-18(23(30)31)12-15-6-3-2-4-7-15/h2-4,6-7,9-10,13,17-18,24,26H,5,8,11-12,14H2,1H3,(H,25,29)(H,27,28)(H,30,31)/t17?,18-/m0/s1. The van der Waals surface area contributed by atoms with Crippen LogP contribution in [0, 0.1) is 0 Å². The number of carboxylic acid groups (broad SMARTS) is 2. The molecular formula is C23H28N2O7. The molecule has 0 saturated heterocycles. The number of rotatable bonds is 13. The van der Waals surface area contributed by atoms with Crippen LogP contribution in [0.25, 0.3) is 0 Å². The number of aromatic hydroxyl groups is 1. The van der Waals surface area contributed by atoms with Gasteiger partial charge in [-0.1, -0.05) is 36.4 Å². The van der Waals surface area contributed by atoms with Gasteiger partial charge >= 0.3 is 11.9 Å². The van der Waals surface area contributed by atoms with Gasteiger partial charge in [-0.25, -0.2) is 4.79 Å². The van der Waals surface area contributed by atoms with Crippen molar-refractivity contribution in [2.75, 3.05) is 13.7 Å². The summed E-state index contributed by atoms with van der Waals surface area (Å²) in [4.78, 5) is 35.4. The van der Waals surface area contributed by atoms with Crippen molar-refractivity contribution >= 4 is 17.8 Å². The van der Waals surface area contributed by atoms with E-state index in [9.17, 15) is 24.6 Å². The van der Waals surface area contributed by atoms with Crippen LogP contribution >= 0.6 is 0 Å². The summed E-state index contributed by atoms with van der Waals surface area (Å²) < 4.78 is 5.00. The van der Waals surface area contributed by atoms with E-state index in [1.165, 1.54) is 7.11 Å². The van der Waals surface area contributed by atoms with Crippen LogP contribution in [0.1, 0.15) is 24.0 Å². The molecule has 0 radical (unpaired) electrons. The third-order valence-corrected chi connectivity index (χ3v) is 4.87. The molecule has 0 aliphatic rings. The highest BCUT2D eigenvalue weighted by Crippen LogP contribution is 2.26. The fourth-order valence-corrected chi connectivity index (χ4v) is 3.21. The Morgan fingerprint density at radius 2 is 1.72 bits per heavy atom. The van der Waals surface area contributed by atoms with Crippen LogP contribution in [0.15, 0.2) is 48.5 Å². The third kappa shape index (κ3) is 7.92. The quantitative estimate of drug-likeness (QED) is 0.293. The first-order valence-corrected chi connectivity index (χ1v) is 10.2. The number of phenolic OH excluding ortho intramolecular Hbond substituents is 1. The summed E-state index contributed by atoms with van der Waals surface area (Å²) in [7, 11) is 1.46. The Morgan fingerprint density at radius 3 is 2.31 bits per heavy atom. The van der Waals surface area contributed by atoms with Crippen molar-refractivity contribution < 1.29 is 34.4 Å². The second kappa shape index (κ2) is 12.3. The lowest BCUT2D eigenvalue weighted by molar-refractivity contribution is -0.143. The average molecular weight is 444 g/mol. The van der Waals surface area contributed by atoms with Crippen molar-refractivity contribution in [3.8, 4) is 11.5 Å². The second-order valence-electron chi connectivity index (χ2n) is 7.30. The fraction of sp³-hybridized carbons (Fsp3) is 0.348. The molecule has 5 N–H and O–H groups in total. The molecule has 0 aliphatic heterocycles. The van der Waals surface area contributed by atoms with Gasteiger partial charge < -0.3 is 30.7 Å². The summed E-state index contributed by atoms with van der Waals surface area (Å²) in [6.45, 7) is 0.328. The van der Waals surface area contributed by atoms with Crippen molar-refractivity contribution in [1.29, 1.82) is 0 Å². The predicted octanol–water partition coefficient (Wildman–Crippen LogP) is 1.58. The van der Waals surface area contributed by atoms with Crippen LogP contribution < -0.4 is 15.4 Å². The molecule has 0 spiro atoms. The van der Waals surface area contributed by atoms with Gasteiger partial charge in [-0.05, 0) is 42.6 Å². The lowest BCUT2D eigenvalue weighted by Crippen LogP contribution is -2.51. The summed E-state index contributed by atoms with van der Waals surface area (Å²) in [6.07, 6.45) is 0.759. The number of methoxy groups -OCH3 is 1. The average Bonchev–Trinajstić information content (AvgIpc) is 2.75. The molecule has 1 amide bonds. The molecule has 32 heavy (non-hydrogen) atoms. The van der Waals surface area contributed by atoms with E-state index in [0.29, 0.717) is 25.1 Å². The van der Waals surface area contributed by atoms with Crippen molar-refractivity contribution in [3.05, 3.63) is 59.7 Å². The van der Waals surface area contributed by atoms with Gasteiger partial charge in [0.25, 0.3) is 0 Å². The number of carbonyl (C=O) groups is 3. The van der Waals surface area contributed by atoms with E-state index < -0.39 is 36.4 Å². The number of carbonyl (C=O) groups excluding carboxylic acids is 1. The zero-order chi connectivity index (χ0) is 23.5.